The van der Waals surface area contributed by atoms with Gasteiger partial charge in [0, 0.05) is 13.0 Å². The van der Waals surface area contributed by atoms with E-state index < -0.39 is 67.1 Å². The number of anilines is 2. The molecule has 2 unspecified atom stereocenters. The van der Waals surface area contributed by atoms with Crippen LogP contribution in [0.25, 0.3) is 22.3 Å². The van der Waals surface area contributed by atoms with Gasteiger partial charge in [-0.05, 0) is 0 Å². The van der Waals surface area contributed by atoms with E-state index in [1.807, 2.05) is 0 Å². The van der Waals surface area contributed by atoms with E-state index in [9.17, 15) is 30.3 Å². The van der Waals surface area contributed by atoms with Crippen molar-refractivity contribution < 1.29 is 49.4 Å². The van der Waals surface area contributed by atoms with Crippen molar-refractivity contribution in [1.82, 2.24) is 34.1 Å². The molecule has 42 heavy (non-hydrogen) atoms. The number of H-pyrrole nitrogens is 1. The molecule has 6 heterocycles. The Morgan fingerprint density at radius 2 is 1.79 bits per heavy atom. The second-order valence-corrected chi connectivity index (χ2v) is 9.64. The minimum Gasteiger partial charge on any atom is -0.856 e. The van der Waals surface area contributed by atoms with Crippen LogP contribution in [0.1, 0.15) is 12.5 Å². The number of nitrogen functional groups attached to an aromatic ring is 2. The average Bonchev–Trinajstić information content (AvgIpc) is 3.67. The fraction of sp³-hybridized carbons (Fsp3) is 0.545. The van der Waals surface area contributed by atoms with Crippen LogP contribution < -0.4 is 26.7 Å². The zero-order valence-corrected chi connectivity index (χ0v) is 22.3. The van der Waals surface area contributed by atoms with E-state index in [-0.39, 0.29) is 40.8 Å². The monoisotopic (exact) mass is 594 g/mol. The summed E-state index contributed by atoms with van der Waals surface area (Å²) in [5.74, 6) is -0.801. The number of nitrogens with one attached hydrogen (secondary N) is 1. The normalized spacial score (nSPS) is 29.3. The Hall–Kier alpha value is -4.02. The third-order valence-corrected chi connectivity index (χ3v) is 7.03. The van der Waals surface area contributed by atoms with E-state index in [1.54, 1.807) is 7.05 Å². The number of aryl methyl sites for hydroxylation is 1. The van der Waals surface area contributed by atoms with Crippen LogP contribution in [-0.4, -0.2) is 117 Å². The SMILES string of the molecule is COC1[C@@H](O)[C@@H](CO)O[C@H]1n1cnc2c(=O)[nH]c(N)nc21.Cn1c[n+]([C@@H]2O[C@H](CO)[C@H](O)C2O)c2nc(N)nc([O-])c21. The first kappa shape index (κ1) is 29.5. The van der Waals surface area contributed by atoms with Gasteiger partial charge in [0.25, 0.3) is 11.5 Å². The Morgan fingerprint density at radius 3 is 2.43 bits per heavy atom. The average molecular weight is 595 g/mol. The van der Waals surface area contributed by atoms with Gasteiger partial charge in [-0.25, -0.2) is 14.5 Å². The molecule has 2 aliphatic heterocycles. The number of aliphatic hydroxyl groups is 5. The van der Waals surface area contributed by atoms with E-state index in [0.29, 0.717) is 0 Å². The first-order valence-corrected chi connectivity index (χ1v) is 12.5. The minimum atomic E-state index is -1.27. The number of imidazole rings is 2. The van der Waals surface area contributed by atoms with Crippen LogP contribution in [-0.2, 0) is 21.3 Å². The Balaban J connectivity index is 0.000000168. The fourth-order valence-corrected chi connectivity index (χ4v) is 5.00. The van der Waals surface area contributed by atoms with Gasteiger partial charge in [0.2, 0.25) is 12.2 Å². The lowest BCUT2D eigenvalue weighted by Gasteiger charge is -2.19. The number of rotatable bonds is 5. The second-order valence-electron chi connectivity index (χ2n) is 9.64. The lowest BCUT2D eigenvalue weighted by Crippen LogP contribution is -2.46. The molecule has 0 aliphatic carbocycles. The maximum Gasteiger partial charge on any atom is 0.309 e. The predicted octanol–water partition coefficient (Wildman–Crippen LogP) is -5.51. The van der Waals surface area contributed by atoms with Crippen molar-refractivity contribution in [3.8, 4) is 5.88 Å². The molecule has 10 N–H and O–H groups in total. The first-order chi connectivity index (χ1) is 20.0. The van der Waals surface area contributed by atoms with E-state index in [2.05, 4.69) is 24.9 Å². The van der Waals surface area contributed by atoms with Crippen molar-refractivity contribution in [3.05, 3.63) is 23.0 Å². The summed E-state index contributed by atoms with van der Waals surface area (Å²) in [6.45, 7) is -0.801. The van der Waals surface area contributed by atoms with Gasteiger partial charge in [0.1, 0.15) is 36.6 Å². The molecular formula is C22H30N10O10. The molecule has 2 aliphatic rings. The number of nitrogens with zero attached hydrogens (tertiary/aromatic N) is 7. The molecule has 8 atom stereocenters. The summed E-state index contributed by atoms with van der Waals surface area (Å²) in [6, 6.07) is 0. The highest BCUT2D eigenvalue weighted by atomic mass is 16.6. The molecule has 0 aromatic carbocycles. The molecule has 2 fully saturated rings. The number of ether oxygens (including phenoxy) is 3. The van der Waals surface area contributed by atoms with Crippen molar-refractivity contribution in [2.24, 2.45) is 7.05 Å². The summed E-state index contributed by atoms with van der Waals surface area (Å²) in [5, 5.41) is 60.1. The van der Waals surface area contributed by atoms with Crippen molar-refractivity contribution >= 4 is 34.2 Å². The zero-order valence-electron chi connectivity index (χ0n) is 22.3. The smallest absolute Gasteiger partial charge is 0.309 e. The maximum absolute atomic E-state index is 11.9. The van der Waals surface area contributed by atoms with Crippen molar-refractivity contribution in [3.63, 3.8) is 0 Å². The van der Waals surface area contributed by atoms with Crippen LogP contribution in [0, 0.1) is 0 Å². The third-order valence-electron chi connectivity index (χ3n) is 7.03. The number of aromatic amines is 1. The second kappa shape index (κ2) is 11.3. The number of hydrogen-bond donors (Lipinski definition) is 8. The van der Waals surface area contributed by atoms with Gasteiger partial charge in [0.05, 0.1) is 26.6 Å². The van der Waals surface area contributed by atoms with Gasteiger partial charge >= 0.3 is 5.65 Å². The topological polar surface area (TPSA) is 302 Å². The minimum absolute atomic E-state index is 0.0551. The summed E-state index contributed by atoms with van der Waals surface area (Å²) in [7, 11) is 3.03. The number of fused-ring (bicyclic) bond motifs is 2. The van der Waals surface area contributed by atoms with Crippen LogP contribution in [0.15, 0.2) is 17.4 Å². The molecule has 20 heteroatoms. The number of aromatic nitrogens is 8. The Labute approximate surface area is 235 Å². The third kappa shape index (κ3) is 4.88. The first-order valence-electron chi connectivity index (χ1n) is 12.5. The number of hydrogen-bond acceptors (Lipinski definition) is 16. The maximum atomic E-state index is 11.9. The molecular weight excluding hydrogens is 564 g/mol. The van der Waals surface area contributed by atoms with E-state index >= 15 is 0 Å². The molecule has 0 radical (unpaired) electrons. The highest BCUT2D eigenvalue weighted by molar-refractivity contribution is 5.74. The van der Waals surface area contributed by atoms with Gasteiger partial charge in [-0.15, -0.1) is 0 Å². The molecule has 0 spiro atoms. The fourth-order valence-electron chi connectivity index (χ4n) is 5.00. The summed E-state index contributed by atoms with van der Waals surface area (Å²) in [4.78, 5) is 29.6. The quantitative estimate of drug-likeness (QED) is 0.0999. The summed E-state index contributed by atoms with van der Waals surface area (Å²) in [6.07, 6.45) is -4.90. The molecule has 0 amide bonds. The lowest BCUT2D eigenvalue weighted by atomic mass is 10.1. The van der Waals surface area contributed by atoms with Crippen molar-refractivity contribution in [1.29, 1.82) is 0 Å². The van der Waals surface area contributed by atoms with Crippen LogP contribution in [0.3, 0.4) is 0 Å². The highest BCUT2D eigenvalue weighted by Gasteiger charge is 2.47. The van der Waals surface area contributed by atoms with Crippen LogP contribution in [0.5, 0.6) is 5.88 Å². The highest BCUT2D eigenvalue weighted by Crippen LogP contribution is 2.33. The van der Waals surface area contributed by atoms with Crippen molar-refractivity contribution in [2.75, 3.05) is 31.8 Å². The van der Waals surface area contributed by atoms with Gasteiger partial charge < -0.3 is 56.3 Å². The number of nitrogens with two attached hydrogens (primary N) is 2. The molecule has 4 aromatic rings. The molecule has 6 rings (SSSR count). The van der Waals surface area contributed by atoms with Gasteiger partial charge in [-0.1, -0.05) is 4.98 Å². The summed E-state index contributed by atoms with van der Waals surface area (Å²) in [5.41, 5.74) is 11.2. The van der Waals surface area contributed by atoms with Crippen LogP contribution in [0.4, 0.5) is 11.9 Å². The largest absolute Gasteiger partial charge is 0.856 e. The molecule has 0 saturated carbocycles. The van der Waals surface area contributed by atoms with Crippen molar-refractivity contribution in [2.45, 2.75) is 49.1 Å². The van der Waals surface area contributed by atoms with Crippen LogP contribution in [0.2, 0.25) is 0 Å². The Morgan fingerprint density at radius 1 is 1.10 bits per heavy atom. The van der Waals surface area contributed by atoms with E-state index in [0.717, 1.165) is 0 Å². The molecule has 228 valence electrons. The predicted molar refractivity (Wildman–Crippen MR) is 136 cm³/mol. The number of aliphatic hydroxyl groups excluding tert-OH is 5. The number of methoxy groups -OCH3 is 1. The molecule has 0 bridgehead atoms. The van der Waals surface area contributed by atoms with E-state index in [4.69, 9.17) is 30.8 Å². The standard InChI is InChI=1S/2C11H15N5O5/c1-15-3-16(8-5(15)9(20)14-11(12)13-8)10-7(19)6(18)4(2-17)21-10;1-20-7-6(18)4(2-17)21-10(7)16-3-13-5-8(16)14-11(12)15-9(5)19/h3-4,6-7,10,17-19H,2H2,1H3,(H2-,12,13,14,20);3-4,6-7,10,17-18H,2H2,1H3,(H3,12,14,15,19)/t2*4-,6+,7?,10-/m11/s1. The lowest BCUT2D eigenvalue weighted by molar-refractivity contribution is -0.745. The summed E-state index contributed by atoms with van der Waals surface area (Å²) >= 11 is 0. The van der Waals surface area contributed by atoms with Crippen LogP contribution >= 0.6 is 0 Å². The van der Waals surface area contributed by atoms with E-state index in [1.165, 1.54) is 33.5 Å². The summed E-state index contributed by atoms with van der Waals surface area (Å²) < 4.78 is 20.5. The Kier molecular flexibility index (Phi) is 7.96. The molecule has 4 aromatic heterocycles. The molecule has 2 saturated heterocycles. The van der Waals surface area contributed by atoms with Gasteiger partial charge in [-0.3, -0.25) is 18.9 Å². The Bertz CT molecular complexity index is 1640. The van der Waals surface area contributed by atoms with Gasteiger partial charge in [0.15, 0.2) is 29.2 Å². The van der Waals surface area contributed by atoms with Gasteiger partial charge in [-0.2, -0.15) is 4.98 Å². The molecule has 20 nitrogen and oxygen atoms in total. The zero-order chi connectivity index (χ0) is 30.5.